The van der Waals surface area contributed by atoms with E-state index in [-0.39, 0.29) is 35.3 Å². The summed E-state index contributed by atoms with van der Waals surface area (Å²) in [5.74, 6) is -0.729. The van der Waals surface area contributed by atoms with Crippen molar-refractivity contribution in [3.63, 3.8) is 0 Å². The van der Waals surface area contributed by atoms with Crippen LogP contribution in [0.1, 0.15) is 21.5 Å². The number of rotatable bonds is 4. The Labute approximate surface area is 171 Å². The molecular formula is C20H18N4O4S. The smallest absolute Gasteiger partial charge is 0.289 e. The van der Waals surface area contributed by atoms with Gasteiger partial charge in [-0.15, -0.1) is 0 Å². The summed E-state index contributed by atoms with van der Waals surface area (Å²) < 4.78 is 0. The van der Waals surface area contributed by atoms with E-state index in [9.17, 15) is 19.2 Å². The largest absolute Gasteiger partial charge is 0.336 e. The lowest BCUT2D eigenvalue weighted by Gasteiger charge is -2.30. The zero-order valence-electron chi connectivity index (χ0n) is 15.5. The lowest BCUT2D eigenvalue weighted by molar-refractivity contribution is -0.137. The van der Waals surface area contributed by atoms with Gasteiger partial charge >= 0.3 is 0 Å². The average molecular weight is 410 g/mol. The van der Waals surface area contributed by atoms with Gasteiger partial charge in [0.2, 0.25) is 11.8 Å². The van der Waals surface area contributed by atoms with Crippen molar-refractivity contribution in [2.75, 3.05) is 24.2 Å². The number of nitrogens with zero attached hydrogens (tertiary/aromatic N) is 3. The van der Waals surface area contributed by atoms with Crippen LogP contribution in [0.3, 0.4) is 0 Å². The van der Waals surface area contributed by atoms with Crippen molar-refractivity contribution in [1.82, 2.24) is 14.8 Å². The standard InChI is InChI=1S/C20H18N4O4S/c25-17(11-24-18(26)12-29-20(24)28)23-8-5-13-1-2-16(9-15(13)10-23)22-19(27)14-3-6-21-7-4-14/h1-4,6-7,9H,5,8,10-12H2,(H,22,27). The SMILES string of the molecule is O=C(Nc1ccc2c(c1)CN(C(=O)CN1C(=O)CSC1=O)CC2)c1ccncc1. The number of imide groups is 1. The quantitative estimate of drug-likeness (QED) is 0.827. The first kappa shape index (κ1) is 19.1. The Hall–Kier alpha value is -3.20. The predicted octanol–water partition coefficient (Wildman–Crippen LogP) is 1.91. The van der Waals surface area contributed by atoms with E-state index in [0.29, 0.717) is 30.8 Å². The maximum atomic E-state index is 12.6. The fourth-order valence-corrected chi connectivity index (χ4v) is 4.05. The van der Waals surface area contributed by atoms with E-state index in [1.165, 1.54) is 0 Å². The highest BCUT2D eigenvalue weighted by Gasteiger charge is 2.33. The van der Waals surface area contributed by atoms with Crippen molar-refractivity contribution < 1.29 is 19.2 Å². The Morgan fingerprint density at radius 2 is 1.90 bits per heavy atom. The van der Waals surface area contributed by atoms with E-state index in [1.807, 2.05) is 18.2 Å². The van der Waals surface area contributed by atoms with Crippen LogP contribution < -0.4 is 5.32 Å². The van der Waals surface area contributed by atoms with Crippen molar-refractivity contribution in [3.05, 3.63) is 59.4 Å². The number of anilines is 1. The molecule has 4 rings (SSSR count). The van der Waals surface area contributed by atoms with E-state index >= 15 is 0 Å². The first-order valence-corrected chi connectivity index (χ1v) is 10.1. The van der Waals surface area contributed by atoms with Crippen LogP contribution in [0.2, 0.25) is 0 Å². The maximum Gasteiger partial charge on any atom is 0.289 e. The van der Waals surface area contributed by atoms with Gasteiger partial charge in [0.25, 0.3) is 11.1 Å². The van der Waals surface area contributed by atoms with Gasteiger partial charge in [-0.25, -0.2) is 0 Å². The maximum absolute atomic E-state index is 12.6. The van der Waals surface area contributed by atoms with Crippen molar-refractivity contribution in [2.24, 2.45) is 0 Å². The third kappa shape index (κ3) is 4.14. The molecule has 2 aliphatic rings. The minimum Gasteiger partial charge on any atom is -0.336 e. The van der Waals surface area contributed by atoms with E-state index < -0.39 is 0 Å². The number of benzene rings is 1. The van der Waals surface area contributed by atoms with Gasteiger partial charge in [0, 0.05) is 36.7 Å². The molecule has 2 aromatic rings. The molecule has 9 heteroatoms. The summed E-state index contributed by atoms with van der Waals surface area (Å²) in [4.78, 5) is 54.9. The molecule has 1 aromatic carbocycles. The molecule has 0 radical (unpaired) electrons. The first-order chi connectivity index (χ1) is 14.0. The molecule has 0 bridgehead atoms. The number of fused-ring (bicyclic) bond motifs is 1. The monoisotopic (exact) mass is 410 g/mol. The second-order valence-corrected chi connectivity index (χ2v) is 7.70. The average Bonchev–Trinajstić information content (AvgIpc) is 3.05. The minimum atomic E-state index is -0.373. The highest BCUT2D eigenvalue weighted by atomic mass is 32.2. The second-order valence-electron chi connectivity index (χ2n) is 6.77. The highest BCUT2D eigenvalue weighted by Crippen LogP contribution is 2.24. The van der Waals surface area contributed by atoms with Crippen LogP contribution in [0.4, 0.5) is 10.5 Å². The van der Waals surface area contributed by atoms with Crippen LogP contribution in [-0.4, -0.2) is 56.6 Å². The van der Waals surface area contributed by atoms with Gasteiger partial charge in [-0.1, -0.05) is 17.8 Å². The van der Waals surface area contributed by atoms with Gasteiger partial charge in [0.15, 0.2) is 0 Å². The number of aromatic nitrogens is 1. The fraction of sp³-hybridized carbons (Fsp3) is 0.250. The number of carbonyl (C=O) groups is 4. The number of pyridine rings is 1. The number of nitrogens with one attached hydrogen (secondary N) is 1. The van der Waals surface area contributed by atoms with Gasteiger partial charge < -0.3 is 10.2 Å². The molecule has 0 spiro atoms. The van der Waals surface area contributed by atoms with E-state index in [0.717, 1.165) is 27.8 Å². The molecule has 1 aromatic heterocycles. The second kappa shape index (κ2) is 8.04. The first-order valence-electron chi connectivity index (χ1n) is 9.09. The lowest BCUT2D eigenvalue weighted by Crippen LogP contribution is -2.44. The van der Waals surface area contributed by atoms with Crippen LogP contribution in [0.15, 0.2) is 42.7 Å². The zero-order valence-corrected chi connectivity index (χ0v) is 16.3. The van der Waals surface area contributed by atoms with Crippen LogP contribution >= 0.6 is 11.8 Å². The van der Waals surface area contributed by atoms with Crippen LogP contribution in [0.5, 0.6) is 0 Å². The van der Waals surface area contributed by atoms with Gasteiger partial charge in [-0.05, 0) is 41.8 Å². The van der Waals surface area contributed by atoms with Crippen molar-refractivity contribution >= 4 is 40.4 Å². The summed E-state index contributed by atoms with van der Waals surface area (Å²) in [6.07, 6.45) is 3.79. The Morgan fingerprint density at radius 3 is 2.62 bits per heavy atom. The number of thioether (sulfide) groups is 1. The molecule has 4 amide bonds. The fourth-order valence-electron chi connectivity index (χ4n) is 3.32. The topological polar surface area (TPSA) is 99.7 Å². The molecule has 1 N–H and O–H groups in total. The summed E-state index contributed by atoms with van der Waals surface area (Å²) in [5, 5.41) is 2.48. The molecule has 3 heterocycles. The highest BCUT2D eigenvalue weighted by molar-refractivity contribution is 8.14. The number of hydrogen-bond acceptors (Lipinski definition) is 6. The number of carbonyl (C=O) groups excluding carboxylic acids is 4. The molecule has 0 aliphatic carbocycles. The van der Waals surface area contributed by atoms with E-state index in [4.69, 9.17) is 0 Å². The van der Waals surface area contributed by atoms with Crippen molar-refractivity contribution in [1.29, 1.82) is 0 Å². The molecule has 8 nitrogen and oxygen atoms in total. The number of hydrogen-bond donors (Lipinski definition) is 1. The molecule has 0 saturated carbocycles. The summed E-state index contributed by atoms with van der Waals surface area (Å²) >= 11 is 0.919. The Balaban J connectivity index is 1.44. The van der Waals surface area contributed by atoms with Crippen LogP contribution in [-0.2, 0) is 22.6 Å². The summed E-state index contributed by atoms with van der Waals surface area (Å²) in [5.41, 5.74) is 3.19. The molecule has 2 aliphatic heterocycles. The third-order valence-electron chi connectivity index (χ3n) is 4.91. The Bertz CT molecular complexity index is 979. The summed E-state index contributed by atoms with van der Waals surface area (Å²) in [7, 11) is 0. The normalized spacial score (nSPS) is 16.0. The molecule has 29 heavy (non-hydrogen) atoms. The lowest BCUT2D eigenvalue weighted by atomic mass is 9.99. The van der Waals surface area contributed by atoms with Gasteiger partial charge in [0.05, 0.1) is 5.75 Å². The molecule has 1 fully saturated rings. The predicted molar refractivity (Wildman–Crippen MR) is 107 cm³/mol. The Kier molecular flexibility index (Phi) is 5.30. The van der Waals surface area contributed by atoms with Gasteiger partial charge in [0.1, 0.15) is 6.54 Å². The third-order valence-corrected chi connectivity index (χ3v) is 5.76. The molecular weight excluding hydrogens is 392 g/mol. The minimum absolute atomic E-state index is 0.0927. The van der Waals surface area contributed by atoms with Crippen molar-refractivity contribution in [2.45, 2.75) is 13.0 Å². The van der Waals surface area contributed by atoms with E-state index in [2.05, 4.69) is 10.3 Å². The molecule has 0 atom stereocenters. The van der Waals surface area contributed by atoms with Gasteiger partial charge in [-0.2, -0.15) is 0 Å². The Morgan fingerprint density at radius 1 is 1.10 bits per heavy atom. The summed E-state index contributed by atoms with van der Waals surface area (Å²) in [6, 6.07) is 8.91. The van der Waals surface area contributed by atoms with Crippen LogP contribution in [0, 0.1) is 0 Å². The van der Waals surface area contributed by atoms with Gasteiger partial charge in [-0.3, -0.25) is 29.1 Å². The van der Waals surface area contributed by atoms with Crippen molar-refractivity contribution in [3.8, 4) is 0 Å². The van der Waals surface area contributed by atoms with E-state index in [1.54, 1.807) is 29.4 Å². The number of amides is 4. The molecule has 0 unspecified atom stereocenters. The zero-order chi connectivity index (χ0) is 20.4. The summed E-state index contributed by atoms with van der Waals surface area (Å²) in [6.45, 7) is 0.673. The molecule has 148 valence electrons. The van der Waals surface area contributed by atoms with Crippen LogP contribution in [0.25, 0.3) is 0 Å². The molecule has 1 saturated heterocycles.